The molecular formula is C20H27N3O4. The van der Waals surface area contributed by atoms with Crippen molar-refractivity contribution in [2.75, 3.05) is 26.4 Å². The van der Waals surface area contributed by atoms with Crippen LogP contribution in [0.2, 0.25) is 0 Å². The van der Waals surface area contributed by atoms with E-state index >= 15 is 0 Å². The normalized spacial score (nSPS) is 13.8. The molecule has 7 heteroatoms. The summed E-state index contributed by atoms with van der Waals surface area (Å²) in [6, 6.07) is 7.22. The minimum atomic E-state index is -0.221. The number of nitrogens with one attached hydrogen (secondary N) is 1. The van der Waals surface area contributed by atoms with Gasteiger partial charge in [-0.3, -0.25) is 4.79 Å². The van der Waals surface area contributed by atoms with Crippen LogP contribution in [0.15, 0.2) is 28.8 Å². The van der Waals surface area contributed by atoms with Gasteiger partial charge < -0.3 is 24.2 Å². The number of carbonyl (C=O) groups excluding carboxylic acids is 1. The second kappa shape index (κ2) is 8.90. The highest BCUT2D eigenvalue weighted by Crippen LogP contribution is 2.36. The Kier molecular flexibility index (Phi) is 6.34. The Hall–Kier alpha value is -2.54. The van der Waals surface area contributed by atoms with E-state index in [-0.39, 0.29) is 24.4 Å². The smallest absolute Gasteiger partial charge is 0.273 e. The SMILES string of the molecule is CCN(CC)CCC[C@@H](C)NC(=O)c1cc(-c2ccc3c(c2)OCO3)on1. The molecule has 1 aliphatic rings. The predicted octanol–water partition coefficient (Wildman–Crippen LogP) is 3.31. The molecule has 2 heterocycles. The number of nitrogens with zero attached hydrogens (tertiary/aromatic N) is 2. The second-order valence-electron chi connectivity index (χ2n) is 6.69. The van der Waals surface area contributed by atoms with Gasteiger partial charge in [0.25, 0.3) is 5.91 Å². The monoisotopic (exact) mass is 373 g/mol. The highest BCUT2D eigenvalue weighted by molar-refractivity contribution is 5.93. The summed E-state index contributed by atoms with van der Waals surface area (Å²) in [5.74, 6) is 1.67. The maximum absolute atomic E-state index is 12.4. The van der Waals surface area contributed by atoms with Crippen molar-refractivity contribution in [1.82, 2.24) is 15.4 Å². The van der Waals surface area contributed by atoms with Gasteiger partial charge in [0, 0.05) is 17.7 Å². The van der Waals surface area contributed by atoms with Gasteiger partial charge in [-0.05, 0) is 57.6 Å². The number of hydrogen-bond donors (Lipinski definition) is 1. The lowest BCUT2D eigenvalue weighted by molar-refractivity contribution is 0.0928. The maximum atomic E-state index is 12.4. The van der Waals surface area contributed by atoms with E-state index in [0.717, 1.165) is 38.0 Å². The summed E-state index contributed by atoms with van der Waals surface area (Å²) in [6.07, 6.45) is 1.97. The lowest BCUT2D eigenvalue weighted by Crippen LogP contribution is -2.33. The number of carbonyl (C=O) groups is 1. The van der Waals surface area contributed by atoms with E-state index in [9.17, 15) is 4.79 Å². The van der Waals surface area contributed by atoms with Crippen LogP contribution in [0.5, 0.6) is 11.5 Å². The van der Waals surface area contributed by atoms with Gasteiger partial charge in [-0.1, -0.05) is 19.0 Å². The van der Waals surface area contributed by atoms with Crippen molar-refractivity contribution in [2.24, 2.45) is 0 Å². The fraction of sp³-hybridized carbons (Fsp3) is 0.500. The van der Waals surface area contributed by atoms with Crippen LogP contribution >= 0.6 is 0 Å². The maximum Gasteiger partial charge on any atom is 0.273 e. The fourth-order valence-electron chi connectivity index (χ4n) is 3.10. The van der Waals surface area contributed by atoms with E-state index < -0.39 is 0 Å². The molecule has 0 fully saturated rings. The molecule has 0 bridgehead atoms. The summed E-state index contributed by atoms with van der Waals surface area (Å²) in [6.45, 7) is 9.71. The van der Waals surface area contributed by atoms with Crippen molar-refractivity contribution in [3.63, 3.8) is 0 Å². The molecule has 0 aliphatic carbocycles. The molecule has 2 aromatic rings. The third kappa shape index (κ3) is 4.80. The number of fused-ring (bicyclic) bond motifs is 1. The molecule has 27 heavy (non-hydrogen) atoms. The van der Waals surface area contributed by atoms with Crippen LogP contribution in [0.3, 0.4) is 0 Å². The van der Waals surface area contributed by atoms with Crippen LogP contribution in [0.1, 0.15) is 44.1 Å². The van der Waals surface area contributed by atoms with Gasteiger partial charge in [0.2, 0.25) is 6.79 Å². The van der Waals surface area contributed by atoms with E-state index in [1.807, 2.05) is 25.1 Å². The topological polar surface area (TPSA) is 76.8 Å². The first-order chi connectivity index (χ1) is 13.1. The first-order valence-electron chi connectivity index (χ1n) is 9.50. The average Bonchev–Trinajstić information content (AvgIpc) is 3.33. The van der Waals surface area contributed by atoms with Gasteiger partial charge in [-0.2, -0.15) is 0 Å². The molecule has 1 aromatic heterocycles. The average molecular weight is 373 g/mol. The van der Waals surface area contributed by atoms with E-state index in [2.05, 4.69) is 29.2 Å². The highest BCUT2D eigenvalue weighted by Gasteiger charge is 2.19. The molecule has 1 aliphatic heterocycles. The minimum absolute atomic E-state index is 0.0822. The Bertz CT molecular complexity index is 770. The van der Waals surface area contributed by atoms with E-state index in [0.29, 0.717) is 17.3 Å². The molecule has 1 N–H and O–H groups in total. The zero-order valence-corrected chi connectivity index (χ0v) is 16.2. The largest absolute Gasteiger partial charge is 0.454 e. The molecule has 1 aromatic carbocycles. The van der Waals surface area contributed by atoms with Gasteiger partial charge in [-0.25, -0.2) is 0 Å². The summed E-state index contributed by atoms with van der Waals surface area (Å²) in [5.41, 5.74) is 1.07. The standard InChI is InChI=1S/C20H27N3O4/c1-4-23(5-2)10-6-7-14(3)21-20(24)16-12-18(27-22-16)15-8-9-17-19(11-15)26-13-25-17/h8-9,11-12,14H,4-7,10,13H2,1-3H3,(H,21,24)/t14-/m1/s1. The van der Waals surface area contributed by atoms with Crippen LogP contribution in [0.4, 0.5) is 0 Å². The number of amides is 1. The summed E-state index contributed by atoms with van der Waals surface area (Å²) in [5, 5.41) is 6.89. The number of ether oxygens (including phenoxy) is 2. The second-order valence-corrected chi connectivity index (χ2v) is 6.69. The lowest BCUT2D eigenvalue weighted by atomic mass is 10.1. The molecule has 0 radical (unpaired) electrons. The molecule has 0 saturated heterocycles. The van der Waals surface area contributed by atoms with Crippen LogP contribution in [0, 0.1) is 0 Å². The molecule has 3 rings (SSSR count). The molecule has 0 spiro atoms. The first kappa shape index (κ1) is 19.2. The highest BCUT2D eigenvalue weighted by atomic mass is 16.7. The third-order valence-corrected chi connectivity index (χ3v) is 4.78. The summed E-state index contributed by atoms with van der Waals surface area (Å²) in [7, 11) is 0. The summed E-state index contributed by atoms with van der Waals surface area (Å²) < 4.78 is 16.0. The Morgan fingerprint density at radius 3 is 2.78 bits per heavy atom. The Balaban J connectivity index is 1.54. The Morgan fingerprint density at radius 2 is 2.00 bits per heavy atom. The molecule has 0 unspecified atom stereocenters. The van der Waals surface area contributed by atoms with Crippen LogP contribution in [-0.4, -0.2) is 48.4 Å². The molecular weight excluding hydrogens is 346 g/mol. The van der Waals surface area contributed by atoms with E-state index in [1.54, 1.807) is 6.07 Å². The van der Waals surface area contributed by atoms with Gasteiger partial charge in [-0.15, -0.1) is 0 Å². The number of benzene rings is 1. The van der Waals surface area contributed by atoms with E-state index in [4.69, 9.17) is 14.0 Å². The molecule has 1 atom stereocenters. The van der Waals surface area contributed by atoms with Gasteiger partial charge in [0.1, 0.15) is 0 Å². The van der Waals surface area contributed by atoms with Crippen molar-refractivity contribution >= 4 is 5.91 Å². The molecule has 7 nitrogen and oxygen atoms in total. The van der Waals surface area contributed by atoms with Crippen molar-refractivity contribution in [1.29, 1.82) is 0 Å². The van der Waals surface area contributed by atoms with E-state index in [1.165, 1.54) is 0 Å². The van der Waals surface area contributed by atoms with Crippen molar-refractivity contribution in [2.45, 2.75) is 39.7 Å². The minimum Gasteiger partial charge on any atom is -0.454 e. The van der Waals surface area contributed by atoms with Crippen molar-refractivity contribution in [3.8, 4) is 22.8 Å². The predicted molar refractivity (Wildman–Crippen MR) is 102 cm³/mol. The van der Waals surface area contributed by atoms with Crippen LogP contribution in [0.25, 0.3) is 11.3 Å². The first-order valence-corrected chi connectivity index (χ1v) is 9.50. The zero-order chi connectivity index (χ0) is 19.2. The molecule has 0 saturated carbocycles. The van der Waals surface area contributed by atoms with Gasteiger partial charge in [0.15, 0.2) is 23.0 Å². The van der Waals surface area contributed by atoms with Gasteiger partial charge >= 0.3 is 0 Å². The number of rotatable bonds is 9. The number of hydrogen-bond acceptors (Lipinski definition) is 6. The lowest BCUT2D eigenvalue weighted by Gasteiger charge is -2.19. The van der Waals surface area contributed by atoms with Crippen LogP contribution < -0.4 is 14.8 Å². The van der Waals surface area contributed by atoms with Crippen molar-refractivity contribution in [3.05, 3.63) is 30.0 Å². The summed E-state index contributed by atoms with van der Waals surface area (Å²) in [4.78, 5) is 14.8. The van der Waals surface area contributed by atoms with Crippen molar-refractivity contribution < 1.29 is 18.8 Å². The third-order valence-electron chi connectivity index (χ3n) is 4.78. The fourth-order valence-corrected chi connectivity index (χ4v) is 3.10. The van der Waals surface area contributed by atoms with Gasteiger partial charge in [0.05, 0.1) is 0 Å². The summed E-state index contributed by atoms with van der Waals surface area (Å²) >= 11 is 0. The number of aromatic nitrogens is 1. The van der Waals surface area contributed by atoms with Crippen LogP contribution in [-0.2, 0) is 0 Å². The molecule has 146 valence electrons. The quantitative estimate of drug-likeness (QED) is 0.727. The molecule has 1 amide bonds. The Morgan fingerprint density at radius 1 is 1.22 bits per heavy atom. The Labute approximate surface area is 159 Å². The zero-order valence-electron chi connectivity index (χ0n) is 16.2.